The van der Waals surface area contributed by atoms with Crippen LogP contribution in [0.3, 0.4) is 0 Å². The quantitative estimate of drug-likeness (QED) is 0.511. The van der Waals surface area contributed by atoms with E-state index < -0.39 is 0 Å². The Hall–Kier alpha value is -2.91. The molecule has 0 amide bonds. The van der Waals surface area contributed by atoms with Crippen molar-refractivity contribution in [2.75, 3.05) is 0 Å². The second kappa shape index (κ2) is 6.19. The molecule has 3 nitrogen and oxygen atoms in total. The molecule has 0 saturated carbocycles. The molecule has 3 aromatic carbocycles. The lowest BCUT2D eigenvalue weighted by Crippen LogP contribution is -1.96. The molecular weight excluding hydrogens is 332 g/mol. The van der Waals surface area contributed by atoms with Crippen molar-refractivity contribution in [1.82, 2.24) is 9.97 Å². The van der Waals surface area contributed by atoms with Gasteiger partial charge in [-0.25, -0.2) is 9.97 Å². The van der Waals surface area contributed by atoms with Gasteiger partial charge in [0, 0.05) is 16.1 Å². The third-order valence-electron chi connectivity index (χ3n) is 4.10. The van der Waals surface area contributed by atoms with Crippen LogP contribution >= 0.6 is 11.6 Å². The third kappa shape index (κ3) is 2.94. The number of aromatic hydroxyl groups is 1. The van der Waals surface area contributed by atoms with Gasteiger partial charge in [0.15, 0.2) is 0 Å². The van der Waals surface area contributed by atoms with E-state index in [2.05, 4.69) is 0 Å². The molecule has 0 aliphatic carbocycles. The van der Waals surface area contributed by atoms with E-state index in [-0.39, 0.29) is 5.75 Å². The molecule has 0 atom stereocenters. The van der Waals surface area contributed by atoms with E-state index in [9.17, 15) is 5.11 Å². The standard InChI is InChI=1S/C21H15ClN2O/c1-13-8-10-14(11-9-13)19-20(15-4-2-5-16(22)12-15)24-21-17(23-19)6-3-7-18(21)25/h2-12,25H,1H3. The molecule has 0 aliphatic heterocycles. The first kappa shape index (κ1) is 15.6. The lowest BCUT2D eigenvalue weighted by molar-refractivity contribution is 0.480. The Kier molecular flexibility index (Phi) is 3.86. The number of halogens is 1. The molecule has 1 aromatic heterocycles. The topological polar surface area (TPSA) is 46.0 Å². The molecule has 1 N–H and O–H groups in total. The fourth-order valence-electron chi connectivity index (χ4n) is 2.81. The SMILES string of the molecule is Cc1ccc(-c2nc3cccc(O)c3nc2-c2cccc(Cl)c2)cc1. The Morgan fingerprint density at radius 2 is 1.52 bits per heavy atom. The molecule has 122 valence electrons. The summed E-state index contributed by atoms with van der Waals surface area (Å²) in [5.74, 6) is 0.115. The van der Waals surface area contributed by atoms with Crippen molar-refractivity contribution in [1.29, 1.82) is 0 Å². The molecule has 0 spiro atoms. The number of rotatable bonds is 2. The number of para-hydroxylation sites is 1. The number of phenolic OH excluding ortho intramolecular Hbond substituents is 1. The van der Waals surface area contributed by atoms with Crippen molar-refractivity contribution in [2.24, 2.45) is 0 Å². The monoisotopic (exact) mass is 346 g/mol. The summed E-state index contributed by atoms with van der Waals surface area (Å²) in [6, 6.07) is 20.9. The number of aryl methyl sites for hydroxylation is 1. The van der Waals surface area contributed by atoms with E-state index in [1.54, 1.807) is 12.1 Å². The van der Waals surface area contributed by atoms with Crippen LogP contribution in [-0.4, -0.2) is 15.1 Å². The number of fused-ring (bicyclic) bond motifs is 1. The Bertz CT molecular complexity index is 1070. The van der Waals surface area contributed by atoms with E-state index in [1.807, 2.05) is 61.5 Å². The van der Waals surface area contributed by atoms with Gasteiger partial charge in [0.05, 0.1) is 16.9 Å². The molecule has 4 rings (SSSR count). The molecule has 0 radical (unpaired) electrons. The molecule has 1 heterocycles. The summed E-state index contributed by atoms with van der Waals surface area (Å²) in [6.07, 6.45) is 0. The van der Waals surface area contributed by atoms with Crippen LogP contribution in [0.15, 0.2) is 66.7 Å². The highest BCUT2D eigenvalue weighted by Gasteiger charge is 2.15. The smallest absolute Gasteiger partial charge is 0.143 e. The predicted octanol–water partition coefficient (Wildman–Crippen LogP) is 5.63. The Morgan fingerprint density at radius 1 is 0.800 bits per heavy atom. The largest absolute Gasteiger partial charge is 0.506 e. The van der Waals surface area contributed by atoms with Gasteiger partial charge in [0.25, 0.3) is 0 Å². The van der Waals surface area contributed by atoms with Gasteiger partial charge in [-0.2, -0.15) is 0 Å². The maximum atomic E-state index is 10.2. The number of aromatic nitrogens is 2. The van der Waals surface area contributed by atoms with Crippen molar-refractivity contribution >= 4 is 22.6 Å². The van der Waals surface area contributed by atoms with E-state index in [0.29, 0.717) is 21.7 Å². The van der Waals surface area contributed by atoms with Crippen LogP contribution in [-0.2, 0) is 0 Å². The van der Waals surface area contributed by atoms with Crippen LogP contribution in [0, 0.1) is 6.92 Å². The van der Waals surface area contributed by atoms with Crippen molar-refractivity contribution in [3.8, 4) is 28.3 Å². The minimum absolute atomic E-state index is 0.115. The average Bonchev–Trinajstić information content (AvgIpc) is 2.62. The summed E-state index contributed by atoms with van der Waals surface area (Å²) in [5.41, 5.74) is 5.61. The van der Waals surface area contributed by atoms with Crippen LogP contribution in [0.4, 0.5) is 0 Å². The number of hydrogen-bond donors (Lipinski definition) is 1. The first-order valence-electron chi connectivity index (χ1n) is 7.94. The second-order valence-corrected chi connectivity index (χ2v) is 6.38. The van der Waals surface area contributed by atoms with Gasteiger partial charge in [0.2, 0.25) is 0 Å². The highest BCUT2D eigenvalue weighted by Crippen LogP contribution is 2.34. The van der Waals surface area contributed by atoms with Gasteiger partial charge in [-0.1, -0.05) is 59.6 Å². The maximum absolute atomic E-state index is 10.2. The van der Waals surface area contributed by atoms with Gasteiger partial charge >= 0.3 is 0 Å². The first-order valence-corrected chi connectivity index (χ1v) is 8.32. The maximum Gasteiger partial charge on any atom is 0.143 e. The van der Waals surface area contributed by atoms with Crippen LogP contribution in [0.25, 0.3) is 33.5 Å². The van der Waals surface area contributed by atoms with Crippen molar-refractivity contribution < 1.29 is 5.11 Å². The van der Waals surface area contributed by atoms with Crippen molar-refractivity contribution in [3.63, 3.8) is 0 Å². The fourth-order valence-corrected chi connectivity index (χ4v) is 3.00. The van der Waals surface area contributed by atoms with E-state index in [0.717, 1.165) is 16.8 Å². The minimum Gasteiger partial charge on any atom is -0.506 e. The number of phenols is 1. The molecule has 0 saturated heterocycles. The van der Waals surface area contributed by atoms with E-state index in [1.165, 1.54) is 5.56 Å². The molecule has 25 heavy (non-hydrogen) atoms. The van der Waals surface area contributed by atoms with Crippen molar-refractivity contribution in [3.05, 3.63) is 77.3 Å². The normalized spacial score (nSPS) is 11.0. The highest BCUT2D eigenvalue weighted by molar-refractivity contribution is 6.30. The lowest BCUT2D eigenvalue weighted by Gasteiger charge is -2.11. The lowest BCUT2D eigenvalue weighted by atomic mass is 10.0. The van der Waals surface area contributed by atoms with Crippen LogP contribution in [0.5, 0.6) is 5.75 Å². The van der Waals surface area contributed by atoms with Gasteiger partial charge in [-0.05, 0) is 31.2 Å². The van der Waals surface area contributed by atoms with Crippen LogP contribution in [0.1, 0.15) is 5.56 Å². The average molecular weight is 347 g/mol. The van der Waals surface area contributed by atoms with Gasteiger partial charge in [-0.3, -0.25) is 0 Å². The molecule has 0 aliphatic rings. The number of benzene rings is 3. The number of nitrogens with zero attached hydrogens (tertiary/aromatic N) is 2. The first-order chi connectivity index (χ1) is 12.1. The number of hydrogen-bond acceptors (Lipinski definition) is 3. The summed E-state index contributed by atoms with van der Waals surface area (Å²) >= 11 is 6.17. The molecule has 4 aromatic rings. The van der Waals surface area contributed by atoms with Crippen molar-refractivity contribution in [2.45, 2.75) is 6.92 Å². The summed E-state index contributed by atoms with van der Waals surface area (Å²) in [4.78, 5) is 9.49. The third-order valence-corrected chi connectivity index (χ3v) is 4.33. The summed E-state index contributed by atoms with van der Waals surface area (Å²) in [5, 5.41) is 10.8. The highest BCUT2D eigenvalue weighted by atomic mass is 35.5. The summed E-state index contributed by atoms with van der Waals surface area (Å²) in [7, 11) is 0. The predicted molar refractivity (Wildman–Crippen MR) is 102 cm³/mol. The van der Waals surface area contributed by atoms with Crippen LogP contribution < -0.4 is 0 Å². The summed E-state index contributed by atoms with van der Waals surface area (Å²) < 4.78 is 0. The van der Waals surface area contributed by atoms with E-state index in [4.69, 9.17) is 21.6 Å². The fraction of sp³-hybridized carbons (Fsp3) is 0.0476. The Labute approximate surface area is 150 Å². The molecule has 4 heteroatoms. The van der Waals surface area contributed by atoms with E-state index >= 15 is 0 Å². The molecular formula is C21H15ClN2O. The van der Waals surface area contributed by atoms with Crippen LogP contribution in [0.2, 0.25) is 5.02 Å². The van der Waals surface area contributed by atoms with Gasteiger partial charge in [-0.15, -0.1) is 0 Å². The zero-order chi connectivity index (χ0) is 17.4. The molecule has 0 bridgehead atoms. The Balaban J connectivity index is 2.05. The van der Waals surface area contributed by atoms with Gasteiger partial charge in [0.1, 0.15) is 11.3 Å². The summed E-state index contributed by atoms with van der Waals surface area (Å²) in [6.45, 7) is 2.05. The second-order valence-electron chi connectivity index (χ2n) is 5.94. The molecule has 0 unspecified atom stereocenters. The molecule has 0 fully saturated rings. The van der Waals surface area contributed by atoms with Gasteiger partial charge < -0.3 is 5.11 Å². The Morgan fingerprint density at radius 3 is 2.28 bits per heavy atom. The zero-order valence-electron chi connectivity index (χ0n) is 13.6. The minimum atomic E-state index is 0.115. The zero-order valence-corrected chi connectivity index (χ0v) is 14.3.